The summed E-state index contributed by atoms with van der Waals surface area (Å²) in [7, 11) is 0. The molecule has 0 saturated carbocycles. The fourth-order valence-electron chi connectivity index (χ4n) is 1.13. The lowest BCUT2D eigenvalue weighted by Crippen LogP contribution is -2.06. The van der Waals surface area contributed by atoms with Crippen molar-refractivity contribution < 1.29 is 9.59 Å². The topological polar surface area (TPSA) is 34.1 Å². The van der Waals surface area contributed by atoms with Crippen molar-refractivity contribution in [1.82, 2.24) is 0 Å². The quantitative estimate of drug-likeness (QED) is 0.397. The maximum Gasteiger partial charge on any atom is 0.228 e. The van der Waals surface area contributed by atoms with Crippen LogP contribution in [0.5, 0.6) is 0 Å². The van der Waals surface area contributed by atoms with Crippen molar-refractivity contribution in [2.45, 2.75) is 33.6 Å². The Labute approximate surface area is 96.0 Å². The van der Waals surface area contributed by atoms with Crippen LogP contribution in [0.2, 0.25) is 0 Å². The Morgan fingerprint density at radius 1 is 1.40 bits per heavy atom. The summed E-state index contributed by atoms with van der Waals surface area (Å²) >= 11 is 5.34. The number of ketones is 1. The summed E-state index contributed by atoms with van der Waals surface area (Å²) in [5, 5.41) is -0.443. The van der Waals surface area contributed by atoms with Gasteiger partial charge < -0.3 is 0 Å². The minimum Gasteiger partial charge on any atom is -0.294 e. The molecule has 0 aromatic carbocycles. The Bertz CT molecular complexity index is 290. The molecule has 0 aromatic rings. The van der Waals surface area contributed by atoms with Crippen molar-refractivity contribution in [2.24, 2.45) is 5.92 Å². The minimum atomic E-state index is -0.443. The molecule has 1 unspecified atom stereocenters. The van der Waals surface area contributed by atoms with E-state index in [0.717, 1.165) is 6.42 Å². The molecule has 0 N–H and O–H groups in total. The zero-order chi connectivity index (χ0) is 11.8. The number of carbonyl (C=O) groups excluding carboxylic acids is 2. The third-order valence-electron chi connectivity index (χ3n) is 1.93. The minimum absolute atomic E-state index is 0.0559. The lowest BCUT2D eigenvalue weighted by atomic mass is 10.0. The van der Waals surface area contributed by atoms with E-state index in [1.165, 1.54) is 0 Å². The van der Waals surface area contributed by atoms with Gasteiger partial charge in [-0.1, -0.05) is 32.1 Å². The van der Waals surface area contributed by atoms with Gasteiger partial charge in [0.2, 0.25) is 5.24 Å². The molecule has 2 nitrogen and oxygen atoms in total. The van der Waals surface area contributed by atoms with Gasteiger partial charge in [0.15, 0.2) is 5.78 Å². The van der Waals surface area contributed by atoms with Gasteiger partial charge in [-0.3, -0.25) is 9.59 Å². The predicted octanol–water partition coefficient (Wildman–Crippen LogP) is 3.26. The van der Waals surface area contributed by atoms with E-state index >= 15 is 0 Å². The van der Waals surface area contributed by atoms with Crippen LogP contribution in [0, 0.1) is 5.92 Å². The van der Waals surface area contributed by atoms with Crippen LogP contribution in [0.15, 0.2) is 23.8 Å². The van der Waals surface area contributed by atoms with Gasteiger partial charge >= 0.3 is 0 Å². The molecular weight excluding hydrogens is 212 g/mol. The monoisotopic (exact) mass is 228 g/mol. The molecule has 0 radical (unpaired) electrons. The Hall–Kier alpha value is -0.890. The van der Waals surface area contributed by atoms with E-state index in [4.69, 9.17) is 11.6 Å². The number of Topliss-reactive ketones (excluding diaryl/α,β-unsaturated/α-hetero) is 1. The van der Waals surface area contributed by atoms with Crippen LogP contribution >= 0.6 is 11.6 Å². The van der Waals surface area contributed by atoms with Crippen molar-refractivity contribution in [1.29, 1.82) is 0 Å². The average molecular weight is 229 g/mol. The van der Waals surface area contributed by atoms with Crippen LogP contribution in [0.3, 0.4) is 0 Å². The van der Waals surface area contributed by atoms with Gasteiger partial charge in [-0.2, -0.15) is 0 Å². The molecule has 0 fully saturated rings. The smallest absolute Gasteiger partial charge is 0.228 e. The van der Waals surface area contributed by atoms with E-state index in [-0.39, 0.29) is 5.78 Å². The summed E-state index contributed by atoms with van der Waals surface area (Å²) in [6, 6.07) is 0. The molecule has 0 heterocycles. The SMILES string of the molecule is C/C=C\C(=C/C(C)C(=O)Cl)C(=O)CCC. The van der Waals surface area contributed by atoms with Gasteiger partial charge in [-0.05, 0) is 24.9 Å². The van der Waals surface area contributed by atoms with Crippen molar-refractivity contribution in [3.63, 3.8) is 0 Å². The standard InChI is InChI=1S/C12H17ClO2/c1-4-6-10(11(14)7-5-2)8-9(3)12(13)15/h4,6,8-9H,5,7H2,1-3H3/b6-4-,10-8+. The highest BCUT2D eigenvalue weighted by atomic mass is 35.5. The van der Waals surface area contributed by atoms with Crippen LogP contribution in [-0.2, 0) is 9.59 Å². The maximum absolute atomic E-state index is 11.6. The van der Waals surface area contributed by atoms with Gasteiger partial charge in [-0.25, -0.2) is 0 Å². The van der Waals surface area contributed by atoms with Crippen molar-refractivity contribution in [3.8, 4) is 0 Å². The van der Waals surface area contributed by atoms with E-state index in [9.17, 15) is 9.59 Å². The second-order valence-corrected chi connectivity index (χ2v) is 3.76. The Morgan fingerprint density at radius 3 is 2.40 bits per heavy atom. The molecule has 0 rings (SSSR count). The third kappa shape index (κ3) is 5.53. The van der Waals surface area contributed by atoms with Crippen molar-refractivity contribution in [3.05, 3.63) is 23.8 Å². The molecule has 0 aromatic heterocycles. The number of halogens is 1. The summed E-state index contributed by atoms with van der Waals surface area (Å²) < 4.78 is 0. The van der Waals surface area contributed by atoms with Crippen LogP contribution in [0.25, 0.3) is 0 Å². The molecule has 0 aliphatic rings. The first-order chi connectivity index (χ1) is 7.02. The molecule has 0 aliphatic heterocycles. The fraction of sp³-hybridized carbons (Fsp3) is 0.500. The van der Waals surface area contributed by atoms with E-state index in [2.05, 4.69) is 0 Å². The molecule has 0 amide bonds. The first-order valence-electron chi connectivity index (χ1n) is 5.10. The number of allylic oxidation sites excluding steroid dienone is 4. The van der Waals surface area contributed by atoms with Gasteiger partial charge in [0.1, 0.15) is 0 Å². The molecule has 3 heteroatoms. The molecule has 1 atom stereocenters. The first-order valence-corrected chi connectivity index (χ1v) is 5.47. The summed E-state index contributed by atoms with van der Waals surface area (Å²) in [6.45, 7) is 5.46. The molecule has 84 valence electrons. The molecule has 0 saturated heterocycles. The van der Waals surface area contributed by atoms with Crippen molar-refractivity contribution >= 4 is 22.6 Å². The normalized spacial score (nSPS) is 14.3. The number of hydrogen-bond donors (Lipinski definition) is 0. The second-order valence-electron chi connectivity index (χ2n) is 3.39. The van der Waals surface area contributed by atoms with E-state index in [0.29, 0.717) is 12.0 Å². The van der Waals surface area contributed by atoms with Crippen LogP contribution in [-0.4, -0.2) is 11.0 Å². The third-order valence-corrected chi connectivity index (χ3v) is 2.28. The fourth-order valence-corrected chi connectivity index (χ4v) is 1.19. The van der Waals surface area contributed by atoms with E-state index in [1.807, 2.05) is 13.8 Å². The van der Waals surface area contributed by atoms with Crippen molar-refractivity contribution in [2.75, 3.05) is 0 Å². The Balaban J connectivity index is 4.79. The van der Waals surface area contributed by atoms with Crippen LogP contribution < -0.4 is 0 Å². The molecule has 15 heavy (non-hydrogen) atoms. The Morgan fingerprint density at radius 2 is 2.00 bits per heavy atom. The molecule has 0 spiro atoms. The highest BCUT2D eigenvalue weighted by Crippen LogP contribution is 2.11. The average Bonchev–Trinajstić information content (AvgIpc) is 2.17. The lowest BCUT2D eigenvalue weighted by molar-refractivity contribution is -0.115. The van der Waals surface area contributed by atoms with E-state index < -0.39 is 11.2 Å². The summed E-state index contributed by atoms with van der Waals surface area (Å²) in [5.74, 6) is -0.362. The lowest BCUT2D eigenvalue weighted by Gasteiger charge is -2.03. The zero-order valence-corrected chi connectivity index (χ0v) is 10.2. The zero-order valence-electron chi connectivity index (χ0n) is 9.42. The highest BCUT2D eigenvalue weighted by Gasteiger charge is 2.11. The van der Waals surface area contributed by atoms with E-state index in [1.54, 1.807) is 25.2 Å². The second kappa shape index (κ2) is 7.41. The summed E-state index contributed by atoms with van der Waals surface area (Å²) in [4.78, 5) is 22.5. The number of rotatable bonds is 6. The van der Waals surface area contributed by atoms with Gasteiger partial charge in [0.25, 0.3) is 0 Å². The number of hydrogen-bond acceptors (Lipinski definition) is 2. The largest absolute Gasteiger partial charge is 0.294 e. The van der Waals surface area contributed by atoms with Gasteiger partial charge in [-0.15, -0.1) is 0 Å². The predicted molar refractivity (Wildman–Crippen MR) is 62.8 cm³/mol. The molecule has 0 bridgehead atoms. The summed E-state index contributed by atoms with van der Waals surface area (Å²) in [6.07, 6.45) is 6.42. The Kier molecular flexibility index (Phi) is 6.97. The highest BCUT2D eigenvalue weighted by molar-refractivity contribution is 6.64. The van der Waals surface area contributed by atoms with Crippen LogP contribution in [0.4, 0.5) is 0 Å². The first kappa shape index (κ1) is 14.1. The number of carbonyl (C=O) groups is 2. The molecular formula is C12H17ClO2. The maximum atomic E-state index is 11.6. The van der Waals surface area contributed by atoms with Gasteiger partial charge in [0.05, 0.1) is 0 Å². The summed E-state index contributed by atoms with van der Waals surface area (Å²) in [5.41, 5.74) is 0.570. The molecule has 0 aliphatic carbocycles. The van der Waals surface area contributed by atoms with Crippen LogP contribution in [0.1, 0.15) is 33.6 Å². The van der Waals surface area contributed by atoms with Gasteiger partial charge in [0, 0.05) is 17.9 Å².